The van der Waals surface area contributed by atoms with E-state index in [2.05, 4.69) is 10.3 Å². The van der Waals surface area contributed by atoms with Crippen molar-refractivity contribution in [3.8, 4) is 10.6 Å². The average Bonchev–Trinajstić information content (AvgIpc) is 2.98. The second-order valence-electron chi connectivity index (χ2n) is 6.49. The van der Waals surface area contributed by atoms with Gasteiger partial charge in [0, 0.05) is 11.6 Å². The van der Waals surface area contributed by atoms with Crippen LogP contribution in [0.1, 0.15) is 46.6 Å². The number of nitrogens with zero attached hydrogens (tertiary/aromatic N) is 1. The zero-order valence-electron chi connectivity index (χ0n) is 14.1. The van der Waals surface area contributed by atoms with Crippen molar-refractivity contribution in [2.45, 2.75) is 50.9 Å². The number of aliphatic hydroxyl groups is 1. The smallest absolute Gasteiger partial charge is 0.393 e. The van der Waals surface area contributed by atoms with Crippen LogP contribution >= 0.6 is 11.3 Å². The summed E-state index contributed by atoms with van der Waals surface area (Å²) in [5.41, 5.74) is 0.385. The Hall–Kier alpha value is -1.93. The highest BCUT2D eigenvalue weighted by molar-refractivity contribution is 7.17. The lowest BCUT2D eigenvalue weighted by Crippen LogP contribution is -2.38. The molecule has 0 saturated heterocycles. The molecule has 4 nitrogen and oxygen atoms in total. The largest absolute Gasteiger partial charge is 0.416 e. The van der Waals surface area contributed by atoms with E-state index in [1.807, 2.05) is 0 Å². The highest BCUT2D eigenvalue weighted by Crippen LogP contribution is 2.33. The Balaban J connectivity index is 1.73. The molecular weight excluding hydrogens is 365 g/mol. The molecule has 1 heterocycles. The maximum absolute atomic E-state index is 12.7. The van der Waals surface area contributed by atoms with Gasteiger partial charge in [0.25, 0.3) is 5.91 Å². The molecule has 2 N–H and O–H groups in total. The summed E-state index contributed by atoms with van der Waals surface area (Å²) in [6.45, 7) is 1.71. The Morgan fingerprint density at radius 3 is 2.38 bits per heavy atom. The van der Waals surface area contributed by atoms with Crippen LogP contribution in [0.4, 0.5) is 13.2 Å². The lowest BCUT2D eigenvalue weighted by molar-refractivity contribution is -0.137. The molecule has 1 fully saturated rings. The molecule has 0 radical (unpaired) electrons. The zero-order valence-corrected chi connectivity index (χ0v) is 15.0. The van der Waals surface area contributed by atoms with E-state index in [1.54, 1.807) is 6.92 Å². The van der Waals surface area contributed by atoms with Crippen molar-refractivity contribution in [3.63, 3.8) is 0 Å². The number of aryl methyl sites for hydroxylation is 1. The second kappa shape index (κ2) is 7.36. The van der Waals surface area contributed by atoms with E-state index >= 15 is 0 Å². The number of aliphatic hydroxyl groups excluding tert-OH is 1. The van der Waals surface area contributed by atoms with E-state index in [1.165, 1.54) is 23.5 Å². The fourth-order valence-corrected chi connectivity index (χ4v) is 3.98. The number of nitrogens with one attached hydrogen (secondary N) is 1. The van der Waals surface area contributed by atoms with Gasteiger partial charge in [-0.25, -0.2) is 4.98 Å². The molecule has 8 heteroatoms. The molecule has 0 spiro atoms. The van der Waals surface area contributed by atoms with E-state index in [4.69, 9.17) is 0 Å². The molecule has 1 aliphatic rings. The Labute approximate surface area is 153 Å². The third kappa shape index (κ3) is 4.24. The third-order valence-electron chi connectivity index (χ3n) is 4.49. The van der Waals surface area contributed by atoms with Crippen molar-refractivity contribution in [1.29, 1.82) is 0 Å². The number of aromatic nitrogens is 1. The van der Waals surface area contributed by atoms with E-state index in [0.29, 0.717) is 34.0 Å². The van der Waals surface area contributed by atoms with Gasteiger partial charge in [0.05, 0.1) is 17.4 Å². The van der Waals surface area contributed by atoms with E-state index in [0.717, 1.165) is 25.0 Å². The Kier molecular flexibility index (Phi) is 5.34. The van der Waals surface area contributed by atoms with E-state index in [9.17, 15) is 23.1 Å². The molecular formula is C18H19F3N2O2S. The van der Waals surface area contributed by atoms with Crippen LogP contribution in [-0.4, -0.2) is 28.1 Å². The average molecular weight is 384 g/mol. The Morgan fingerprint density at radius 2 is 1.81 bits per heavy atom. The summed E-state index contributed by atoms with van der Waals surface area (Å²) in [4.78, 5) is 17.3. The normalized spacial score (nSPS) is 20.8. The molecule has 0 aliphatic heterocycles. The first-order chi connectivity index (χ1) is 12.2. The number of amides is 1. The minimum Gasteiger partial charge on any atom is -0.393 e. The fourth-order valence-electron chi connectivity index (χ4n) is 3.00. The SMILES string of the molecule is Cc1nc(-c2ccc(C(F)(F)F)cc2)sc1C(=O)NC1CCC(O)CC1. The summed E-state index contributed by atoms with van der Waals surface area (Å²) in [5, 5.41) is 13.0. The van der Waals surface area contributed by atoms with Crippen molar-refractivity contribution >= 4 is 17.2 Å². The third-order valence-corrected chi connectivity index (χ3v) is 5.70. The first kappa shape index (κ1) is 18.8. The molecule has 1 aromatic carbocycles. The minimum absolute atomic E-state index is 0.0296. The predicted octanol–water partition coefficient (Wildman–Crippen LogP) is 4.17. The highest BCUT2D eigenvalue weighted by Gasteiger charge is 2.30. The number of rotatable bonds is 3. The summed E-state index contributed by atoms with van der Waals surface area (Å²) < 4.78 is 38.0. The number of hydrogen-bond donors (Lipinski definition) is 2. The molecule has 0 bridgehead atoms. The van der Waals surface area contributed by atoms with Gasteiger partial charge >= 0.3 is 6.18 Å². The quantitative estimate of drug-likeness (QED) is 0.835. The summed E-state index contributed by atoms with van der Waals surface area (Å²) >= 11 is 1.17. The van der Waals surface area contributed by atoms with Gasteiger partial charge in [-0.15, -0.1) is 11.3 Å². The molecule has 0 unspecified atom stereocenters. The predicted molar refractivity (Wildman–Crippen MR) is 93.0 cm³/mol. The van der Waals surface area contributed by atoms with Crippen LogP contribution in [0.5, 0.6) is 0 Å². The van der Waals surface area contributed by atoms with E-state index in [-0.39, 0.29) is 18.1 Å². The summed E-state index contributed by atoms with van der Waals surface area (Å²) in [7, 11) is 0. The first-order valence-corrected chi connectivity index (χ1v) is 9.19. The molecule has 140 valence electrons. The van der Waals surface area contributed by atoms with Crippen molar-refractivity contribution in [2.75, 3.05) is 0 Å². The van der Waals surface area contributed by atoms with Crippen LogP contribution in [0, 0.1) is 6.92 Å². The van der Waals surface area contributed by atoms with Crippen LogP contribution in [0.2, 0.25) is 0 Å². The molecule has 2 aromatic rings. The van der Waals surface area contributed by atoms with Gasteiger partial charge in [-0.3, -0.25) is 4.79 Å². The number of benzene rings is 1. The van der Waals surface area contributed by atoms with Gasteiger partial charge in [-0.2, -0.15) is 13.2 Å². The van der Waals surface area contributed by atoms with Crippen LogP contribution in [0.15, 0.2) is 24.3 Å². The van der Waals surface area contributed by atoms with Gasteiger partial charge < -0.3 is 10.4 Å². The van der Waals surface area contributed by atoms with Crippen LogP contribution in [0.25, 0.3) is 10.6 Å². The van der Waals surface area contributed by atoms with Crippen molar-refractivity contribution in [3.05, 3.63) is 40.4 Å². The van der Waals surface area contributed by atoms with Crippen LogP contribution in [0.3, 0.4) is 0 Å². The number of alkyl halides is 3. The number of thiazole rings is 1. The number of halogens is 3. The lowest BCUT2D eigenvalue weighted by atomic mass is 9.93. The first-order valence-electron chi connectivity index (χ1n) is 8.38. The van der Waals surface area contributed by atoms with Crippen LogP contribution < -0.4 is 5.32 Å². The van der Waals surface area contributed by atoms with Gasteiger partial charge in [0.15, 0.2) is 0 Å². The Bertz CT molecular complexity index is 779. The van der Waals surface area contributed by atoms with Gasteiger partial charge in [0.1, 0.15) is 9.88 Å². The highest BCUT2D eigenvalue weighted by atomic mass is 32.1. The van der Waals surface area contributed by atoms with Gasteiger partial charge in [-0.05, 0) is 44.7 Å². The van der Waals surface area contributed by atoms with Gasteiger partial charge in [0.2, 0.25) is 0 Å². The maximum atomic E-state index is 12.7. The molecule has 1 amide bonds. The maximum Gasteiger partial charge on any atom is 0.416 e. The Morgan fingerprint density at radius 1 is 1.19 bits per heavy atom. The number of hydrogen-bond acceptors (Lipinski definition) is 4. The minimum atomic E-state index is -4.38. The molecule has 26 heavy (non-hydrogen) atoms. The van der Waals surface area contributed by atoms with Gasteiger partial charge in [-0.1, -0.05) is 12.1 Å². The number of carbonyl (C=O) groups excluding carboxylic acids is 1. The lowest BCUT2D eigenvalue weighted by Gasteiger charge is -2.25. The molecule has 3 rings (SSSR count). The monoisotopic (exact) mass is 384 g/mol. The second-order valence-corrected chi connectivity index (χ2v) is 7.49. The summed E-state index contributed by atoms with van der Waals surface area (Å²) in [6, 6.07) is 4.79. The summed E-state index contributed by atoms with van der Waals surface area (Å²) in [6.07, 6.45) is -1.87. The standard InChI is InChI=1S/C18H19F3N2O2S/c1-10-15(16(25)23-13-6-8-14(24)9-7-13)26-17(22-10)11-2-4-12(5-3-11)18(19,20)21/h2-5,13-14,24H,6-9H2,1H3,(H,23,25). The molecule has 1 aliphatic carbocycles. The number of carbonyl (C=O) groups is 1. The van der Waals surface area contributed by atoms with Crippen molar-refractivity contribution in [1.82, 2.24) is 10.3 Å². The summed E-state index contributed by atoms with van der Waals surface area (Å²) in [5.74, 6) is -0.223. The molecule has 1 aromatic heterocycles. The fraction of sp³-hybridized carbons (Fsp3) is 0.444. The van der Waals surface area contributed by atoms with Crippen LogP contribution in [-0.2, 0) is 6.18 Å². The van der Waals surface area contributed by atoms with E-state index < -0.39 is 11.7 Å². The topological polar surface area (TPSA) is 62.2 Å². The van der Waals surface area contributed by atoms with Crippen molar-refractivity contribution < 1.29 is 23.1 Å². The molecule has 0 atom stereocenters. The zero-order chi connectivity index (χ0) is 18.9. The van der Waals surface area contributed by atoms with Crippen molar-refractivity contribution in [2.24, 2.45) is 0 Å². The molecule has 1 saturated carbocycles.